The Morgan fingerprint density at radius 3 is 2.86 bits per heavy atom. The van der Waals surface area contributed by atoms with Gasteiger partial charge in [0.15, 0.2) is 0 Å². The molecule has 0 bridgehead atoms. The molecule has 1 aliphatic heterocycles. The first kappa shape index (κ1) is 20.4. The zero-order valence-electron chi connectivity index (χ0n) is 16.7. The quantitative estimate of drug-likeness (QED) is 0.662. The van der Waals surface area contributed by atoms with Gasteiger partial charge in [0.05, 0.1) is 6.61 Å². The monoisotopic (exact) mass is 385 g/mol. The molecule has 1 aromatic carbocycles. The van der Waals surface area contributed by atoms with E-state index >= 15 is 0 Å². The van der Waals surface area contributed by atoms with Crippen molar-refractivity contribution in [2.75, 3.05) is 26.2 Å². The average molecular weight is 386 g/mol. The Bertz CT molecular complexity index is 773. The lowest BCUT2D eigenvalue weighted by molar-refractivity contribution is 0.0946. The van der Waals surface area contributed by atoms with Gasteiger partial charge in [-0.15, -0.1) is 0 Å². The topological polar surface area (TPSA) is 77.7 Å². The number of aryl methyl sites for hydroxylation is 1. The molecule has 0 radical (unpaired) electrons. The molecular formula is C22H31N3O3. The van der Waals surface area contributed by atoms with E-state index in [0.717, 1.165) is 62.0 Å². The first-order chi connectivity index (χ1) is 13.7. The molecule has 2 aromatic rings. The van der Waals surface area contributed by atoms with Crippen LogP contribution in [0.25, 0.3) is 10.9 Å². The predicted octanol–water partition coefficient (Wildman–Crippen LogP) is 3.91. The highest BCUT2D eigenvalue weighted by Gasteiger charge is 2.21. The summed E-state index contributed by atoms with van der Waals surface area (Å²) in [5, 5.41) is 1.15. The van der Waals surface area contributed by atoms with Gasteiger partial charge in [0.1, 0.15) is 17.4 Å². The van der Waals surface area contributed by atoms with Crippen molar-refractivity contribution < 1.29 is 14.3 Å². The van der Waals surface area contributed by atoms with Crippen molar-refractivity contribution >= 4 is 17.0 Å². The third-order valence-electron chi connectivity index (χ3n) is 5.24. The van der Waals surface area contributed by atoms with E-state index < -0.39 is 6.09 Å². The zero-order chi connectivity index (χ0) is 19.8. The second-order valence-electron chi connectivity index (χ2n) is 7.45. The Kier molecular flexibility index (Phi) is 7.48. The molecule has 1 fully saturated rings. The van der Waals surface area contributed by atoms with E-state index in [1.165, 1.54) is 18.4 Å². The first-order valence-corrected chi connectivity index (χ1v) is 10.3. The lowest BCUT2D eigenvalue weighted by atomic mass is 10.0. The van der Waals surface area contributed by atoms with Gasteiger partial charge < -0.3 is 20.1 Å². The Labute approximate surface area is 167 Å². The highest BCUT2D eigenvalue weighted by Crippen LogP contribution is 2.29. The van der Waals surface area contributed by atoms with Gasteiger partial charge in [0.2, 0.25) is 0 Å². The number of nitrogens with zero attached hydrogens (tertiary/aromatic N) is 2. The molecule has 1 aromatic heterocycles. The minimum absolute atomic E-state index is 0.213. The number of unbranched alkanes of at least 4 members (excludes halogenated alkanes) is 1. The number of benzene rings is 1. The number of fused-ring (bicyclic) bond motifs is 1. The number of hydrogen-bond donors (Lipinski definition) is 1. The molecule has 1 saturated heterocycles. The van der Waals surface area contributed by atoms with Gasteiger partial charge in [-0.3, -0.25) is 4.98 Å². The van der Waals surface area contributed by atoms with Gasteiger partial charge in [-0.05, 0) is 55.9 Å². The summed E-state index contributed by atoms with van der Waals surface area (Å²) in [5.74, 6) is 0.914. The summed E-state index contributed by atoms with van der Waals surface area (Å²) in [6, 6.07) is 8.51. The zero-order valence-corrected chi connectivity index (χ0v) is 16.7. The molecule has 28 heavy (non-hydrogen) atoms. The average Bonchev–Trinajstić information content (AvgIpc) is 2.70. The van der Waals surface area contributed by atoms with Crippen molar-refractivity contribution in [3.63, 3.8) is 0 Å². The van der Waals surface area contributed by atoms with Crippen LogP contribution in [0, 0.1) is 0 Å². The minimum Gasteiger partial charge on any atom is -0.488 e. The number of rotatable bonds is 9. The maximum absolute atomic E-state index is 10.6. The van der Waals surface area contributed by atoms with E-state index in [0.29, 0.717) is 6.61 Å². The molecule has 1 amide bonds. The molecule has 0 unspecified atom stereocenters. The third-order valence-corrected chi connectivity index (χ3v) is 5.24. The fourth-order valence-electron chi connectivity index (χ4n) is 3.72. The summed E-state index contributed by atoms with van der Waals surface area (Å²) < 4.78 is 11.2. The van der Waals surface area contributed by atoms with E-state index in [-0.39, 0.29) is 6.10 Å². The molecule has 0 spiro atoms. The van der Waals surface area contributed by atoms with Crippen molar-refractivity contribution in [1.29, 1.82) is 0 Å². The van der Waals surface area contributed by atoms with Crippen LogP contribution in [0.3, 0.4) is 0 Å². The number of likely N-dealkylation sites (tertiary alicyclic amines) is 1. The standard InChI is InChI=1S/C22H31N3O3/c1-2-3-6-17-15-18-7-4-10-24-21(18)20(16-17)28-19-8-12-25(13-9-19)11-5-14-27-22(23)26/h4,7,10,15-16,19H,2-3,5-6,8-9,11-14H2,1H3,(H2,23,26). The number of nitrogens with two attached hydrogens (primary N) is 1. The summed E-state index contributed by atoms with van der Waals surface area (Å²) in [6.45, 7) is 5.49. The van der Waals surface area contributed by atoms with Crippen LogP contribution in [-0.2, 0) is 11.2 Å². The van der Waals surface area contributed by atoms with Crippen LogP contribution in [0.4, 0.5) is 4.79 Å². The van der Waals surface area contributed by atoms with E-state index in [4.69, 9.17) is 15.2 Å². The number of primary amides is 1. The minimum atomic E-state index is -0.700. The van der Waals surface area contributed by atoms with Gasteiger partial charge in [-0.25, -0.2) is 4.79 Å². The summed E-state index contributed by atoms with van der Waals surface area (Å²) in [6.07, 6.45) is 7.57. The highest BCUT2D eigenvalue weighted by atomic mass is 16.5. The van der Waals surface area contributed by atoms with Crippen LogP contribution in [0.5, 0.6) is 5.75 Å². The normalized spacial score (nSPS) is 15.6. The molecular weight excluding hydrogens is 354 g/mol. The molecule has 2 N–H and O–H groups in total. The molecule has 0 aliphatic carbocycles. The first-order valence-electron chi connectivity index (χ1n) is 10.3. The number of carbonyl (C=O) groups excluding carboxylic acids is 1. The van der Waals surface area contributed by atoms with Crippen molar-refractivity contribution in [2.45, 2.75) is 51.6 Å². The van der Waals surface area contributed by atoms with E-state index in [1.54, 1.807) is 0 Å². The van der Waals surface area contributed by atoms with Crippen LogP contribution in [-0.4, -0.2) is 48.3 Å². The molecule has 1 aliphatic rings. The lowest BCUT2D eigenvalue weighted by Gasteiger charge is -2.32. The van der Waals surface area contributed by atoms with Crippen molar-refractivity contribution in [3.8, 4) is 5.75 Å². The van der Waals surface area contributed by atoms with Gasteiger partial charge in [-0.1, -0.05) is 19.4 Å². The second-order valence-corrected chi connectivity index (χ2v) is 7.45. The number of ether oxygens (including phenoxy) is 2. The third kappa shape index (κ3) is 5.83. The molecule has 6 nitrogen and oxygen atoms in total. The summed E-state index contributed by atoms with van der Waals surface area (Å²) in [7, 11) is 0. The van der Waals surface area contributed by atoms with Gasteiger partial charge in [-0.2, -0.15) is 0 Å². The van der Waals surface area contributed by atoms with Crippen LogP contribution in [0.15, 0.2) is 30.5 Å². The fraction of sp³-hybridized carbons (Fsp3) is 0.545. The smallest absolute Gasteiger partial charge is 0.404 e. The van der Waals surface area contributed by atoms with Gasteiger partial charge in [0.25, 0.3) is 0 Å². The summed E-state index contributed by atoms with van der Waals surface area (Å²) in [5.41, 5.74) is 7.26. The van der Waals surface area contributed by atoms with Gasteiger partial charge in [0, 0.05) is 31.2 Å². The number of piperidine rings is 1. The summed E-state index contributed by atoms with van der Waals surface area (Å²) >= 11 is 0. The van der Waals surface area contributed by atoms with Crippen LogP contribution in [0.1, 0.15) is 44.6 Å². The fourth-order valence-corrected chi connectivity index (χ4v) is 3.72. The Hall–Kier alpha value is -2.34. The number of amides is 1. The van der Waals surface area contributed by atoms with E-state index in [2.05, 4.69) is 35.0 Å². The number of pyridine rings is 1. The maximum Gasteiger partial charge on any atom is 0.404 e. The Morgan fingerprint density at radius 2 is 2.11 bits per heavy atom. The van der Waals surface area contributed by atoms with Crippen molar-refractivity contribution in [2.24, 2.45) is 5.73 Å². The molecule has 3 rings (SSSR count). The Morgan fingerprint density at radius 1 is 1.29 bits per heavy atom. The van der Waals surface area contributed by atoms with Crippen molar-refractivity contribution in [3.05, 3.63) is 36.0 Å². The van der Waals surface area contributed by atoms with Crippen LogP contribution < -0.4 is 10.5 Å². The van der Waals surface area contributed by atoms with Crippen LogP contribution >= 0.6 is 0 Å². The SMILES string of the molecule is CCCCc1cc(OC2CCN(CCCOC(N)=O)CC2)c2ncccc2c1. The van der Waals surface area contributed by atoms with E-state index in [9.17, 15) is 4.79 Å². The molecule has 2 heterocycles. The largest absolute Gasteiger partial charge is 0.488 e. The van der Waals surface area contributed by atoms with Crippen molar-refractivity contribution in [1.82, 2.24) is 9.88 Å². The van der Waals surface area contributed by atoms with Crippen LogP contribution in [0.2, 0.25) is 0 Å². The highest BCUT2D eigenvalue weighted by molar-refractivity contribution is 5.85. The molecule has 0 atom stereocenters. The summed E-state index contributed by atoms with van der Waals surface area (Å²) in [4.78, 5) is 17.6. The Balaban J connectivity index is 1.57. The van der Waals surface area contributed by atoms with E-state index in [1.807, 2.05) is 12.3 Å². The van der Waals surface area contributed by atoms with Gasteiger partial charge >= 0.3 is 6.09 Å². The molecule has 6 heteroatoms. The number of aromatic nitrogens is 1. The maximum atomic E-state index is 10.6. The lowest BCUT2D eigenvalue weighted by Crippen LogP contribution is -2.39. The second kappa shape index (κ2) is 10.3. The number of hydrogen-bond acceptors (Lipinski definition) is 5. The predicted molar refractivity (Wildman–Crippen MR) is 111 cm³/mol. The number of carbonyl (C=O) groups is 1. The molecule has 152 valence electrons. The molecule has 0 saturated carbocycles.